The topological polar surface area (TPSA) is 8.17 Å². The van der Waals surface area contributed by atoms with Crippen LogP contribution >= 0.6 is 11.3 Å². The Labute approximate surface area is 449 Å². The molecule has 18 rings (SSSR count). The quantitative estimate of drug-likeness (QED) is 0.160. The Bertz CT molecular complexity index is 5040. The first-order chi connectivity index (χ1) is 38.0. The van der Waals surface area contributed by atoms with Gasteiger partial charge in [-0.25, -0.2) is 0 Å². The van der Waals surface area contributed by atoms with E-state index in [-0.39, 0.29) is 5.41 Å². The molecule has 0 unspecified atom stereocenters. The summed E-state index contributed by atoms with van der Waals surface area (Å²) in [7, 11) is 0. The molecule has 0 N–H and O–H groups in total. The summed E-state index contributed by atoms with van der Waals surface area (Å²) in [4.78, 5) is 2.54. The molecule has 2 aliphatic carbocycles. The first-order valence-electron chi connectivity index (χ1n) is 27.0. The summed E-state index contributed by atoms with van der Waals surface area (Å²) in [6.45, 7) is 4.82. The minimum atomic E-state index is -0.427. The van der Waals surface area contributed by atoms with E-state index in [1.165, 1.54) is 164 Å². The van der Waals surface area contributed by atoms with Crippen LogP contribution in [-0.4, -0.2) is 4.57 Å². The Morgan fingerprint density at radius 3 is 1.71 bits per heavy atom. The number of thiophene rings is 1. The summed E-state index contributed by atoms with van der Waals surface area (Å²) in [5.41, 5.74) is 22.3. The summed E-state index contributed by atoms with van der Waals surface area (Å²) < 4.78 is 5.24. The number of fused-ring (bicyclic) bond motifs is 20. The Hall–Kier alpha value is -9.28. The van der Waals surface area contributed by atoms with Crippen molar-refractivity contribution in [2.24, 2.45) is 0 Å². The monoisotopic (exact) mass is 994 g/mol. The Kier molecular flexibility index (Phi) is 8.05. The summed E-state index contributed by atoms with van der Waals surface area (Å²) in [5.74, 6) is 0. The lowest BCUT2D eigenvalue weighted by Gasteiger charge is -2.42. The third kappa shape index (κ3) is 5.20. The number of para-hydroxylation sites is 2. The standard InChI is InChI=1S/C74H46N2S/c1-73(2)60-29-11-13-31-65(60)75(46-35-36-50-49-20-5-10-28-59(49)74(61(50)42-46)57-26-8-3-18-47(57)48-19-4-9-27-58(48)74)66-38-34-44(40-62(66)73)43-33-37-64-56(39-43)51-21-6-12-30-63(51)76(64)67-41-45-17-15-24-54-69(45)70-52(67)23-16-25-55(70)72-71(54)53-22-7-14-32-68(53)77-72/h3-42H,1-2H3. The van der Waals surface area contributed by atoms with Gasteiger partial charge in [0.15, 0.2) is 0 Å². The van der Waals surface area contributed by atoms with Gasteiger partial charge in [-0.2, -0.15) is 0 Å². The van der Waals surface area contributed by atoms with Gasteiger partial charge >= 0.3 is 0 Å². The van der Waals surface area contributed by atoms with E-state index in [1.807, 2.05) is 11.3 Å². The molecule has 13 aromatic carbocycles. The zero-order valence-electron chi connectivity index (χ0n) is 42.4. The predicted molar refractivity (Wildman–Crippen MR) is 326 cm³/mol. The van der Waals surface area contributed by atoms with Crippen LogP contribution < -0.4 is 4.90 Å². The average Bonchev–Trinajstić information content (AvgIpc) is 4.08. The molecule has 15 aromatic rings. The fourth-order valence-electron chi connectivity index (χ4n) is 15.1. The normalized spacial score (nSPS) is 14.5. The maximum Gasteiger partial charge on any atom is 0.0726 e. The molecule has 0 amide bonds. The SMILES string of the molecule is CC1(C)c2ccccc2N(c2ccc3c(c2)C2(c4ccccc4-c4ccccc42)c2ccccc2-3)c2ccc(-c3ccc4c(c3)c3ccccc3n4-c3cc4cccc5c6c7ccccc7sc6c6cccc3c6c45)cc21. The van der Waals surface area contributed by atoms with Crippen LogP contribution in [0.3, 0.4) is 0 Å². The van der Waals surface area contributed by atoms with Gasteiger partial charge in [0.05, 0.1) is 33.5 Å². The van der Waals surface area contributed by atoms with Crippen molar-refractivity contribution in [3.05, 3.63) is 276 Å². The summed E-state index contributed by atoms with van der Waals surface area (Å²) in [6, 6.07) is 92.4. The number of nitrogens with zero attached hydrogens (tertiary/aromatic N) is 2. The highest BCUT2D eigenvalue weighted by Crippen LogP contribution is 2.64. The van der Waals surface area contributed by atoms with Gasteiger partial charge in [0.25, 0.3) is 0 Å². The van der Waals surface area contributed by atoms with E-state index in [1.54, 1.807) is 0 Å². The number of rotatable bonds is 3. The van der Waals surface area contributed by atoms with Gasteiger partial charge in [-0.3, -0.25) is 0 Å². The Morgan fingerprint density at radius 1 is 0.338 bits per heavy atom. The average molecular weight is 995 g/mol. The van der Waals surface area contributed by atoms with Crippen molar-refractivity contribution in [3.8, 4) is 39.1 Å². The second kappa shape index (κ2) is 14.8. The predicted octanol–water partition coefficient (Wildman–Crippen LogP) is 20.2. The first kappa shape index (κ1) is 42.0. The van der Waals surface area contributed by atoms with Crippen LogP contribution in [0, 0.1) is 0 Å². The van der Waals surface area contributed by atoms with E-state index >= 15 is 0 Å². The number of hydrogen-bond donors (Lipinski definition) is 0. The maximum absolute atomic E-state index is 2.54. The molecule has 3 heteroatoms. The van der Waals surface area contributed by atoms with E-state index < -0.39 is 5.41 Å². The lowest BCUT2D eigenvalue weighted by Crippen LogP contribution is -2.31. The molecule has 0 bridgehead atoms. The van der Waals surface area contributed by atoms with Crippen molar-refractivity contribution in [3.63, 3.8) is 0 Å². The molecule has 358 valence electrons. The highest BCUT2D eigenvalue weighted by molar-refractivity contribution is 7.27. The number of anilines is 3. The van der Waals surface area contributed by atoms with Crippen molar-refractivity contribution in [1.82, 2.24) is 4.57 Å². The number of aromatic nitrogens is 1. The molecule has 0 fully saturated rings. The highest BCUT2D eigenvalue weighted by Gasteiger charge is 2.52. The molecular weight excluding hydrogens is 949 g/mol. The minimum absolute atomic E-state index is 0.273. The van der Waals surface area contributed by atoms with Gasteiger partial charge in [-0.15, -0.1) is 11.3 Å². The van der Waals surface area contributed by atoms with E-state index in [0.717, 1.165) is 0 Å². The Morgan fingerprint density at radius 2 is 0.922 bits per heavy atom. The molecule has 2 nitrogen and oxygen atoms in total. The summed E-state index contributed by atoms with van der Waals surface area (Å²) in [5, 5.41) is 13.1. The largest absolute Gasteiger partial charge is 0.310 e. The van der Waals surface area contributed by atoms with Crippen molar-refractivity contribution in [2.45, 2.75) is 24.7 Å². The molecule has 0 atom stereocenters. The van der Waals surface area contributed by atoms with Gasteiger partial charge in [-0.1, -0.05) is 196 Å². The highest BCUT2D eigenvalue weighted by atomic mass is 32.1. The fourth-order valence-corrected chi connectivity index (χ4v) is 16.4. The van der Waals surface area contributed by atoms with Gasteiger partial charge in [-0.05, 0) is 144 Å². The zero-order valence-corrected chi connectivity index (χ0v) is 43.2. The molecule has 3 aliphatic rings. The lowest BCUT2D eigenvalue weighted by atomic mass is 9.70. The second-order valence-corrected chi connectivity index (χ2v) is 23.3. The molecule has 3 heterocycles. The van der Waals surface area contributed by atoms with Crippen LogP contribution in [0.2, 0.25) is 0 Å². The van der Waals surface area contributed by atoms with Crippen molar-refractivity contribution >= 4 is 103 Å². The molecule has 1 aliphatic heterocycles. The van der Waals surface area contributed by atoms with Crippen molar-refractivity contribution in [1.29, 1.82) is 0 Å². The summed E-state index contributed by atoms with van der Waals surface area (Å²) in [6.07, 6.45) is 0. The van der Waals surface area contributed by atoms with Crippen LogP contribution in [-0.2, 0) is 10.8 Å². The minimum Gasteiger partial charge on any atom is -0.310 e. The van der Waals surface area contributed by atoms with E-state index in [4.69, 9.17) is 0 Å². The maximum atomic E-state index is 2.54. The van der Waals surface area contributed by atoms with Gasteiger partial charge < -0.3 is 9.47 Å². The fraction of sp³-hybridized carbons (Fsp3) is 0.0541. The van der Waals surface area contributed by atoms with Crippen molar-refractivity contribution in [2.75, 3.05) is 4.90 Å². The van der Waals surface area contributed by atoms with Crippen LogP contribution in [0.4, 0.5) is 17.1 Å². The van der Waals surface area contributed by atoms with Crippen LogP contribution in [0.25, 0.3) is 113 Å². The number of benzene rings is 13. The molecule has 1 spiro atoms. The van der Waals surface area contributed by atoms with E-state index in [2.05, 4.69) is 266 Å². The lowest BCUT2D eigenvalue weighted by molar-refractivity contribution is 0.632. The summed E-state index contributed by atoms with van der Waals surface area (Å²) >= 11 is 1.92. The molecule has 0 saturated carbocycles. The molecule has 0 saturated heterocycles. The van der Waals surface area contributed by atoms with Gasteiger partial charge in [0, 0.05) is 58.2 Å². The molecule has 77 heavy (non-hydrogen) atoms. The van der Waals surface area contributed by atoms with Crippen LogP contribution in [0.1, 0.15) is 47.2 Å². The first-order valence-corrected chi connectivity index (χ1v) is 27.8. The Balaban J connectivity index is 0.815. The molecule has 2 aromatic heterocycles. The zero-order chi connectivity index (χ0) is 50.5. The smallest absolute Gasteiger partial charge is 0.0726 e. The van der Waals surface area contributed by atoms with E-state index in [0.29, 0.717) is 0 Å². The van der Waals surface area contributed by atoms with Gasteiger partial charge in [0.1, 0.15) is 0 Å². The molecular formula is C74H46N2S. The van der Waals surface area contributed by atoms with Crippen LogP contribution in [0.5, 0.6) is 0 Å². The third-order valence-corrected chi connectivity index (χ3v) is 19.5. The van der Waals surface area contributed by atoms with Crippen molar-refractivity contribution < 1.29 is 0 Å². The second-order valence-electron chi connectivity index (χ2n) is 22.2. The van der Waals surface area contributed by atoms with Crippen LogP contribution in [0.15, 0.2) is 243 Å². The van der Waals surface area contributed by atoms with E-state index in [9.17, 15) is 0 Å². The number of hydrogen-bond acceptors (Lipinski definition) is 2. The van der Waals surface area contributed by atoms with Gasteiger partial charge in [0.2, 0.25) is 0 Å². The third-order valence-electron chi connectivity index (χ3n) is 18.3. The molecule has 0 radical (unpaired) electrons.